The highest BCUT2D eigenvalue weighted by Gasteiger charge is 2.12. The van der Waals surface area contributed by atoms with Crippen LogP contribution in [0.1, 0.15) is 10.4 Å². The molecule has 0 fully saturated rings. The summed E-state index contributed by atoms with van der Waals surface area (Å²) in [5.74, 6) is -0.0367. The number of esters is 1. The second-order valence-electron chi connectivity index (χ2n) is 3.51. The first-order chi connectivity index (χ1) is 9.08. The van der Waals surface area contributed by atoms with Crippen LogP contribution in [0.4, 0.5) is 5.69 Å². The number of carbonyl (C=O) groups excluding carboxylic acids is 2. The zero-order valence-corrected chi connectivity index (χ0v) is 11.9. The smallest absolute Gasteiger partial charge is 0.339 e. The summed E-state index contributed by atoms with van der Waals surface area (Å²) >= 11 is 7.18. The standard InChI is InChI=1S/C12H14ClNO4S/c1-18-12(17)9-6-8(2-3-10(9)13)14-11(16)7-19-5-4-15/h2-3,6,15H,4-5,7H2,1H3,(H,14,16). The molecule has 0 saturated heterocycles. The van der Waals surface area contributed by atoms with Crippen LogP contribution in [0.2, 0.25) is 5.02 Å². The van der Waals surface area contributed by atoms with Crippen molar-refractivity contribution in [3.63, 3.8) is 0 Å². The summed E-state index contributed by atoms with van der Waals surface area (Å²) in [7, 11) is 1.26. The molecule has 19 heavy (non-hydrogen) atoms. The quantitative estimate of drug-likeness (QED) is 0.619. The molecule has 0 bridgehead atoms. The summed E-state index contributed by atoms with van der Waals surface area (Å²) in [4.78, 5) is 23.0. The lowest BCUT2D eigenvalue weighted by molar-refractivity contribution is -0.113. The number of aliphatic hydroxyl groups is 1. The van der Waals surface area contributed by atoms with Crippen molar-refractivity contribution in [3.05, 3.63) is 28.8 Å². The Morgan fingerprint density at radius 2 is 2.21 bits per heavy atom. The molecular formula is C12H14ClNO4S. The fourth-order valence-electron chi connectivity index (χ4n) is 1.30. The molecule has 0 aromatic heterocycles. The van der Waals surface area contributed by atoms with Gasteiger partial charge in [0, 0.05) is 11.4 Å². The second kappa shape index (κ2) is 8.04. The van der Waals surface area contributed by atoms with Crippen LogP contribution in [0, 0.1) is 0 Å². The van der Waals surface area contributed by atoms with Gasteiger partial charge in [0.2, 0.25) is 5.91 Å². The zero-order chi connectivity index (χ0) is 14.3. The third-order valence-electron chi connectivity index (χ3n) is 2.12. The van der Waals surface area contributed by atoms with Crippen LogP contribution >= 0.6 is 23.4 Å². The van der Waals surface area contributed by atoms with Crippen LogP contribution in [-0.2, 0) is 9.53 Å². The summed E-state index contributed by atoms with van der Waals surface area (Å²) < 4.78 is 4.59. The zero-order valence-electron chi connectivity index (χ0n) is 10.3. The van der Waals surface area contributed by atoms with Crippen molar-refractivity contribution in [1.29, 1.82) is 0 Å². The summed E-state index contributed by atoms with van der Waals surface area (Å²) in [6.07, 6.45) is 0. The highest BCUT2D eigenvalue weighted by molar-refractivity contribution is 7.99. The molecule has 2 N–H and O–H groups in total. The third kappa shape index (κ3) is 5.10. The van der Waals surface area contributed by atoms with E-state index in [1.807, 2.05) is 0 Å². The normalized spacial score (nSPS) is 10.1. The molecule has 5 nitrogen and oxygen atoms in total. The van der Waals surface area contributed by atoms with E-state index in [1.54, 1.807) is 6.07 Å². The Hall–Kier alpha value is -1.24. The molecule has 0 atom stereocenters. The number of amides is 1. The van der Waals surface area contributed by atoms with E-state index >= 15 is 0 Å². The van der Waals surface area contributed by atoms with E-state index < -0.39 is 5.97 Å². The Labute approximate surface area is 120 Å². The fraction of sp³-hybridized carbons (Fsp3) is 0.333. The lowest BCUT2D eigenvalue weighted by atomic mass is 10.2. The topological polar surface area (TPSA) is 75.6 Å². The van der Waals surface area contributed by atoms with Crippen LogP contribution in [0.25, 0.3) is 0 Å². The minimum absolute atomic E-state index is 0.0331. The van der Waals surface area contributed by atoms with Crippen molar-refractivity contribution >= 4 is 40.9 Å². The van der Waals surface area contributed by atoms with Gasteiger partial charge in [-0.05, 0) is 18.2 Å². The summed E-state index contributed by atoms with van der Waals surface area (Å²) in [5.41, 5.74) is 0.671. The van der Waals surface area contributed by atoms with Crippen molar-refractivity contribution in [2.45, 2.75) is 0 Å². The number of carbonyl (C=O) groups is 2. The average Bonchev–Trinajstić information content (AvgIpc) is 2.40. The molecule has 1 amide bonds. The van der Waals surface area contributed by atoms with Gasteiger partial charge in [0.15, 0.2) is 0 Å². The van der Waals surface area contributed by atoms with Gasteiger partial charge in [-0.3, -0.25) is 4.79 Å². The lowest BCUT2D eigenvalue weighted by Gasteiger charge is -2.08. The Balaban J connectivity index is 2.69. The minimum Gasteiger partial charge on any atom is -0.465 e. The average molecular weight is 304 g/mol. The Bertz CT molecular complexity index is 467. The number of halogens is 1. The van der Waals surface area contributed by atoms with Crippen molar-refractivity contribution in [1.82, 2.24) is 0 Å². The van der Waals surface area contributed by atoms with Crippen LogP contribution in [0.5, 0.6) is 0 Å². The Morgan fingerprint density at radius 1 is 1.47 bits per heavy atom. The fourth-order valence-corrected chi connectivity index (χ4v) is 2.02. The Kier molecular flexibility index (Phi) is 6.69. The Morgan fingerprint density at radius 3 is 2.84 bits per heavy atom. The summed E-state index contributed by atoms with van der Waals surface area (Å²) in [6.45, 7) is 0.0331. The molecule has 7 heteroatoms. The van der Waals surface area contributed by atoms with Crippen LogP contribution in [-0.4, -0.2) is 42.2 Å². The van der Waals surface area contributed by atoms with E-state index in [-0.39, 0.29) is 28.9 Å². The number of aliphatic hydroxyl groups excluding tert-OH is 1. The van der Waals surface area contributed by atoms with Gasteiger partial charge in [-0.1, -0.05) is 11.6 Å². The molecule has 1 aromatic carbocycles. The van der Waals surface area contributed by atoms with E-state index in [2.05, 4.69) is 10.1 Å². The van der Waals surface area contributed by atoms with Gasteiger partial charge in [0.05, 0.1) is 30.1 Å². The number of rotatable bonds is 6. The second-order valence-corrected chi connectivity index (χ2v) is 5.02. The van der Waals surface area contributed by atoms with E-state index in [4.69, 9.17) is 16.7 Å². The van der Waals surface area contributed by atoms with E-state index in [9.17, 15) is 9.59 Å². The van der Waals surface area contributed by atoms with Crippen molar-refractivity contribution in [2.24, 2.45) is 0 Å². The molecule has 1 rings (SSSR count). The highest BCUT2D eigenvalue weighted by atomic mass is 35.5. The number of anilines is 1. The summed E-state index contributed by atoms with van der Waals surface area (Å²) in [5, 5.41) is 11.5. The predicted octanol–water partition coefficient (Wildman–Crippen LogP) is 1.79. The van der Waals surface area contributed by atoms with Gasteiger partial charge < -0.3 is 15.2 Å². The molecule has 0 heterocycles. The van der Waals surface area contributed by atoms with Crippen molar-refractivity contribution in [2.75, 3.05) is 30.5 Å². The van der Waals surface area contributed by atoms with E-state index in [1.165, 1.54) is 31.0 Å². The molecule has 0 saturated carbocycles. The molecule has 0 spiro atoms. The number of hydrogen-bond acceptors (Lipinski definition) is 5. The van der Waals surface area contributed by atoms with Gasteiger partial charge >= 0.3 is 5.97 Å². The first kappa shape index (κ1) is 15.8. The number of benzene rings is 1. The largest absolute Gasteiger partial charge is 0.465 e. The van der Waals surface area contributed by atoms with Gasteiger partial charge in [-0.15, -0.1) is 11.8 Å². The molecule has 0 aliphatic carbocycles. The number of thioether (sulfide) groups is 1. The monoisotopic (exact) mass is 303 g/mol. The third-order valence-corrected chi connectivity index (χ3v) is 3.39. The van der Waals surface area contributed by atoms with E-state index in [0.29, 0.717) is 11.4 Å². The molecule has 0 aliphatic rings. The van der Waals surface area contributed by atoms with Gasteiger partial charge in [0.1, 0.15) is 0 Å². The number of ether oxygens (including phenoxy) is 1. The van der Waals surface area contributed by atoms with Gasteiger partial charge in [-0.25, -0.2) is 4.79 Å². The number of hydrogen-bond donors (Lipinski definition) is 2. The van der Waals surface area contributed by atoms with Crippen LogP contribution in [0.3, 0.4) is 0 Å². The van der Waals surface area contributed by atoms with E-state index in [0.717, 1.165) is 0 Å². The number of nitrogens with one attached hydrogen (secondary N) is 1. The maximum Gasteiger partial charge on any atom is 0.339 e. The molecule has 104 valence electrons. The lowest BCUT2D eigenvalue weighted by Crippen LogP contribution is -2.15. The SMILES string of the molecule is COC(=O)c1cc(NC(=O)CSCCO)ccc1Cl. The highest BCUT2D eigenvalue weighted by Crippen LogP contribution is 2.21. The van der Waals surface area contributed by atoms with Crippen LogP contribution in [0.15, 0.2) is 18.2 Å². The minimum atomic E-state index is -0.559. The number of methoxy groups -OCH3 is 1. The van der Waals surface area contributed by atoms with Crippen molar-refractivity contribution < 1.29 is 19.4 Å². The van der Waals surface area contributed by atoms with Crippen molar-refractivity contribution in [3.8, 4) is 0 Å². The molecule has 0 unspecified atom stereocenters. The maximum atomic E-state index is 11.6. The van der Waals surface area contributed by atoms with Gasteiger partial charge in [0.25, 0.3) is 0 Å². The van der Waals surface area contributed by atoms with Crippen LogP contribution < -0.4 is 5.32 Å². The van der Waals surface area contributed by atoms with Gasteiger partial charge in [-0.2, -0.15) is 0 Å². The first-order valence-corrected chi connectivity index (χ1v) is 6.98. The predicted molar refractivity (Wildman–Crippen MR) is 75.8 cm³/mol. The molecular weight excluding hydrogens is 290 g/mol. The first-order valence-electron chi connectivity index (χ1n) is 5.44. The molecule has 0 radical (unpaired) electrons. The molecule has 0 aliphatic heterocycles. The summed E-state index contributed by atoms with van der Waals surface area (Å²) in [6, 6.07) is 4.58. The maximum absolute atomic E-state index is 11.6. The molecule has 1 aromatic rings.